The Morgan fingerprint density at radius 2 is 1.79 bits per heavy atom. The number of fused-ring (bicyclic) bond motifs is 1. The zero-order chi connectivity index (χ0) is 20.8. The molecule has 0 bridgehead atoms. The molecule has 4 rings (SSSR count). The van der Waals surface area contributed by atoms with Gasteiger partial charge in [0.1, 0.15) is 11.5 Å². The lowest BCUT2D eigenvalue weighted by Crippen LogP contribution is -2.13. The molecule has 0 aliphatic rings. The molecule has 0 atom stereocenters. The fraction of sp³-hybridized carbons (Fsp3) is 0.0526. The number of primary amides is 1. The second-order valence-corrected chi connectivity index (χ2v) is 6.15. The van der Waals surface area contributed by atoms with Crippen molar-refractivity contribution in [3.05, 3.63) is 72.2 Å². The molecule has 0 aliphatic carbocycles. The van der Waals surface area contributed by atoms with Crippen molar-refractivity contribution >= 4 is 16.8 Å². The number of alkyl halides is 3. The van der Waals surface area contributed by atoms with Crippen LogP contribution < -0.4 is 5.73 Å². The molecule has 10 heteroatoms. The summed E-state index contributed by atoms with van der Waals surface area (Å²) in [5.41, 5.74) is 5.98. The van der Waals surface area contributed by atoms with Crippen LogP contribution in [0.5, 0.6) is 0 Å². The van der Waals surface area contributed by atoms with E-state index in [2.05, 4.69) is 15.1 Å². The highest BCUT2D eigenvalue weighted by atomic mass is 19.4. The fourth-order valence-corrected chi connectivity index (χ4v) is 2.93. The number of nitrogens with zero attached hydrogens (tertiary/aromatic N) is 4. The Kier molecular flexibility index (Phi) is 4.26. The van der Waals surface area contributed by atoms with E-state index < -0.39 is 23.6 Å². The minimum Gasteiger partial charge on any atom is -0.364 e. The minimum atomic E-state index is -4.57. The zero-order valence-corrected chi connectivity index (χ0v) is 14.5. The van der Waals surface area contributed by atoms with E-state index >= 15 is 0 Å². The Morgan fingerprint density at radius 3 is 2.41 bits per heavy atom. The molecule has 146 valence electrons. The van der Waals surface area contributed by atoms with Crippen molar-refractivity contribution in [1.82, 2.24) is 19.7 Å². The van der Waals surface area contributed by atoms with E-state index in [1.165, 1.54) is 23.0 Å². The Balaban J connectivity index is 1.87. The van der Waals surface area contributed by atoms with Gasteiger partial charge in [0.25, 0.3) is 5.91 Å². The average Bonchev–Trinajstić information content (AvgIpc) is 3.06. The number of amides is 1. The van der Waals surface area contributed by atoms with E-state index in [-0.39, 0.29) is 11.4 Å². The van der Waals surface area contributed by atoms with Crippen LogP contribution >= 0.6 is 0 Å². The summed E-state index contributed by atoms with van der Waals surface area (Å²) >= 11 is 0. The predicted molar refractivity (Wildman–Crippen MR) is 95.6 cm³/mol. The Hall–Kier alpha value is -3.82. The first-order chi connectivity index (χ1) is 13.7. The fourth-order valence-electron chi connectivity index (χ4n) is 2.93. The van der Waals surface area contributed by atoms with Gasteiger partial charge < -0.3 is 5.73 Å². The summed E-state index contributed by atoms with van der Waals surface area (Å²) in [5, 5.41) is 4.49. The standard InChI is InChI=1S/C19H11F4N5O/c20-12-5-11(7-25-8-12)10-1-3-15-14(6-10)17(18(24)29)27-28(15)13-2-4-16(26-9-13)19(21,22)23/h1-9H,(H2,24,29). The van der Waals surface area contributed by atoms with Crippen molar-refractivity contribution in [1.29, 1.82) is 0 Å². The van der Waals surface area contributed by atoms with Gasteiger partial charge in [0.2, 0.25) is 0 Å². The first-order valence-electron chi connectivity index (χ1n) is 8.21. The van der Waals surface area contributed by atoms with Gasteiger partial charge in [0, 0.05) is 17.1 Å². The average molecular weight is 401 g/mol. The summed E-state index contributed by atoms with van der Waals surface area (Å²) in [4.78, 5) is 19.1. The highest BCUT2D eigenvalue weighted by Crippen LogP contribution is 2.30. The largest absolute Gasteiger partial charge is 0.433 e. The lowest BCUT2D eigenvalue weighted by molar-refractivity contribution is -0.141. The van der Waals surface area contributed by atoms with Crippen molar-refractivity contribution in [3.63, 3.8) is 0 Å². The topological polar surface area (TPSA) is 86.7 Å². The number of carbonyl (C=O) groups excluding carboxylic acids is 1. The molecule has 0 saturated heterocycles. The summed E-state index contributed by atoms with van der Waals surface area (Å²) in [6.07, 6.45) is -1.05. The monoisotopic (exact) mass is 401 g/mol. The van der Waals surface area contributed by atoms with E-state index in [4.69, 9.17) is 5.73 Å². The van der Waals surface area contributed by atoms with Gasteiger partial charge in [0.05, 0.1) is 23.6 Å². The van der Waals surface area contributed by atoms with Crippen molar-refractivity contribution in [3.8, 4) is 16.8 Å². The van der Waals surface area contributed by atoms with Crippen molar-refractivity contribution in [2.24, 2.45) is 5.73 Å². The third-order valence-corrected chi connectivity index (χ3v) is 4.23. The smallest absolute Gasteiger partial charge is 0.364 e. The van der Waals surface area contributed by atoms with Gasteiger partial charge in [-0.3, -0.25) is 9.78 Å². The molecular formula is C19H11F4N5O. The molecule has 1 amide bonds. The van der Waals surface area contributed by atoms with E-state index in [0.29, 0.717) is 22.0 Å². The second kappa shape index (κ2) is 6.66. The molecule has 0 fully saturated rings. The van der Waals surface area contributed by atoms with Crippen LogP contribution in [0.1, 0.15) is 16.2 Å². The van der Waals surface area contributed by atoms with Crippen LogP contribution in [0.25, 0.3) is 27.7 Å². The minimum absolute atomic E-state index is 0.0777. The van der Waals surface area contributed by atoms with Crippen molar-refractivity contribution in [2.45, 2.75) is 6.18 Å². The van der Waals surface area contributed by atoms with E-state index in [0.717, 1.165) is 18.5 Å². The Labute approximate surface area is 160 Å². The van der Waals surface area contributed by atoms with Crippen LogP contribution in [0.15, 0.2) is 55.0 Å². The third-order valence-electron chi connectivity index (χ3n) is 4.23. The third kappa shape index (κ3) is 3.40. The number of pyridine rings is 2. The van der Waals surface area contributed by atoms with Crippen LogP contribution in [-0.4, -0.2) is 25.7 Å². The second-order valence-electron chi connectivity index (χ2n) is 6.15. The summed E-state index contributed by atoms with van der Waals surface area (Å²) in [5.74, 6) is -1.34. The first-order valence-corrected chi connectivity index (χ1v) is 8.21. The Bertz CT molecular complexity index is 1230. The van der Waals surface area contributed by atoms with Crippen molar-refractivity contribution in [2.75, 3.05) is 0 Å². The molecule has 3 aromatic heterocycles. The number of hydrogen-bond donors (Lipinski definition) is 1. The van der Waals surface area contributed by atoms with Gasteiger partial charge in [-0.1, -0.05) is 6.07 Å². The predicted octanol–water partition coefficient (Wildman–Crippen LogP) is 3.74. The molecule has 0 saturated carbocycles. The van der Waals surface area contributed by atoms with E-state index in [1.807, 2.05) is 0 Å². The first kappa shape index (κ1) is 18.5. The van der Waals surface area contributed by atoms with E-state index in [9.17, 15) is 22.4 Å². The number of carbonyl (C=O) groups is 1. The molecule has 0 unspecified atom stereocenters. The van der Waals surface area contributed by atoms with Gasteiger partial charge in [-0.15, -0.1) is 0 Å². The lowest BCUT2D eigenvalue weighted by Gasteiger charge is -2.08. The summed E-state index contributed by atoms with van der Waals surface area (Å²) in [6.45, 7) is 0. The van der Waals surface area contributed by atoms with Gasteiger partial charge in [-0.25, -0.2) is 14.1 Å². The molecule has 0 aliphatic heterocycles. The van der Waals surface area contributed by atoms with E-state index in [1.54, 1.807) is 18.2 Å². The zero-order valence-electron chi connectivity index (χ0n) is 14.5. The molecule has 3 heterocycles. The van der Waals surface area contributed by atoms with Crippen LogP contribution in [0.4, 0.5) is 17.6 Å². The molecule has 6 nitrogen and oxygen atoms in total. The highest BCUT2D eigenvalue weighted by molar-refractivity contribution is 6.05. The highest BCUT2D eigenvalue weighted by Gasteiger charge is 2.32. The molecular weight excluding hydrogens is 390 g/mol. The Morgan fingerprint density at radius 1 is 1.00 bits per heavy atom. The number of rotatable bonds is 3. The molecule has 4 aromatic rings. The molecule has 29 heavy (non-hydrogen) atoms. The maximum atomic E-state index is 13.5. The van der Waals surface area contributed by atoms with Crippen LogP contribution in [0, 0.1) is 5.82 Å². The number of halogens is 4. The molecule has 0 spiro atoms. The summed E-state index contributed by atoms with van der Waals surface area (Å²) < 4.78 is 53.0. The van der Waals surface area contributed by atoms with Gasteiger partial charge in [0.15, 0.2) is 5.69 Å². The van der Waals surface area contributed by atoms with Crippen molar-refractivity contribution < 1.29 is 22.4 Å². The molecule has 2 N–H and O–H groups in total. The SMILES string of the molecule is NC(=O)c1nn(-c2ccc(C(F)(F)F)nc2)c2ccc(-c3cncc(F)c3)cc12. The summed E-state index contributed by atoms with van der Waals surface area (Å²) in [7, 11) is 0. The maximum absolute atomic E-state index is 13.5. The number of benzene rings is 1. The molecule has 1 aromatic carbocycles. The van der Waals surface area contributed by atoms with Crippen LogP contribution in [0.2, 0.25) is 0 Å². The van der Waals surface area contributed by atoms with Gasteiger partial charge in [-0.05, 0) is 35.9 Å². The maximum Gasteiger partial charge on any atom is 0.433 e. The van der Waals surface area contributed by atoms with Crippen LogP contribution in [0.3, 0.4) is 0 Å². The van der Waals surface area contributed by atoms with Gasteiger partial charge >= 0.3 is 6.18 Å². The summed E-state index contributed by atoms with van der Waals surface area (Å²) in [6, 6.07) is 8.14. The number of aromatic nitrogens is 4. The normalized spacial score (nSPS) is 11.7. The van der Waals surface area contributed by atoms with Gasteiger partial charge in [-0.2, -0.15) is 18.3 Å². The molecule has 0 radical (unpaired) electrons. The number of nitrogens with two attached hydrogens (primary N) is 1. The van der Waals surface area contributed by atoms with Crippen LogP contribution in [-0.2, 0) is 6.18 Å². The quantitative estimate of drug-likeness (QED) is 0.530. The lowest BCUT2D eigenvalue weighted by atomic mass is 10.0. The number of hydrogen-bond acceptors (Lipinski definition) is 4.